The minimum Gasteiger partial charge on any atom is -0.460 e. The molecule has 0 aliphatic carbocycles. The zero-order chi connectivity index (χ0) is 8.69. The van der Waals surface area contributed by atoms with Crippen LogP contribution >= 0.6 is 11.6 Å². The summed E-state index contributed by atoms with van der Waals surface area (Å²) in [5, 5.41) is 0. The van der Waals surface area contributed by atoms with Gasteiger partial charge < -0.3 is 4.74 Å². The van der Waals surface area contributed by atoms with Crippen LogP contribution in [-0.4, -0.2) is 18.5 Å². The minimum absolute atomic E-state index is 0.110. The van der Waals surface area contributed by atoms with Crippen LogP contribution in [0.25, 0.3) is 0 Å². The van der Waals surface area contributed by atoms with Gasteiger partial charge in [-0.15, -0.1) is 18.2 Å². The van der Waals surface area contributed by atoms with Gasteiger partial charge in [-0.1, -0.05) is 12.7 Å². The highest BCUT2D eigenvalue weighted by Crippen LogP contribution is 1.99. The third-order valence-corrected chi connectivity index (χ3v) is 1.20. The number of hydrogen-bond acceptors (Lipinski definition) is 2. The Morgan fingerprint density at radius 2 is 2.27 bits per heavy atom. The summed E-state index contributed by atoms with van der Waals surface area (Å²) in [4.78, 5) is 10.5. The van der Waals surface area contributed by atoms with Gasteiger partial charge >= 0.3 is 5.97 Å². The average molecular weight is 175 g/mol. The first-order valence-electron chi connectivity index (χ1n) is 3.19. The third kappa shape index (κ3) is 5.67. The van der Waals surface area contributed by atoms with Crippen molar-refractivity contribution in [2.24, 2.45) is 0 Å². The molecular weight excluding hydrogens is 164 g/mol. The van der Waals surface area contributed by atoms with Gasteiger partial charge in [0.15, 0.2) is 0 Å². The molecule has 0 amide bonds. The topological polar surface area (TPSA) is 26.3 Å². The number of esters is 1. The van der Waals surface area contributed by atoms with Gasteiger partial charge in [-0.2, -0.15) is 0 Å². The van der Waals surface area contributed by atoms with Crippen molar-refractivity contribution >= 4 is 17.6 Å². The van der Waals surface area contributed by atoms with Crippen LogP contribution in [0.4, 0.5) is 0 Å². The smallest absolute Gasteiger partial charge is 0.321 e. The molecule has 0 aromatic rings. The maximum absolute atomic E-state index is 10.5. The predicted molar refractivity (Wildman–Crippen MR) is 45.6 cm³/mol. The van der Waals surface area contributed by atoms with E-state index in [1.165, 1.54) is 0 Å². The Balaban J connectivity index is 3.45. The molecule has 0 unspecified atom stereocenters. The standard InChI is InChI=1S/C8H11ClO2/c1-3-4-7(2)6-11-8(10)5-9/h3H,1-2,4-6H2. The zero-order valence-electron chi connectivity index (χ0n) is 6.31. The fourth-order valence-corrected chi connectivity index (χ4v) is 0.561. The van der Waals surface area contributed by atoms with Gasteiger partial charge in [0.05, 0.1) is 0 Å². The summed E-state index contributed by atoms with van der Waals surface area (Å²) < 4.78 is 4.69. The number of allylic oxidation sites excluding steroid dienone is 1. The van der Waals surface area contributed by atoms with Gasteiger partial charge in [-0.25, -0.2) is 0 Å². The van der Waals surface area contributed by atoms with Gasteiger partial charge in [-0.05, 0) is 12.0 Å². The quantitative estimate of drug-likeness (QED) is 0.362. The number of alkyl halides is 1. The molecule has 0 aliphatic rings. The first kappa shape index (κ1) is 10.2. The van der Waals surface area contributed by atoms with Crippen molar-refractivity contribution in [1.82, 2.24) is 0 Å². The Hall–Kier alpha value is -0.760. The SMILES string of the molecule is C=CCC(=C)COC(=O)CCl. The van der Waals surface area contributed by atoms with E-state index in [0.717, 1.165) is 5.57 Å². The number of ether oxygens (including phenoxy) is 1. The Bertz CT molecular complexity index is 163. The molecular formula is C8H11ClO2. The highest BCUT2D eigenvalue weighted by Gasteiger charge is 1.99. The molecule has 62 valence electrons. The van der Waals surface area contributed by atoms with Gasteiger partial charge in [0.1, 0.15) is 12.5 Å². The van der Waals surface area contributed by atoms with Crippen LogP contribution < -0.4 is 0 Å². The van der Waals surface area contributed by atoms with Crippen LogP contribution in [0.3, 0.4) is 0 Å². The summed E-state index contributed by atoms with van der Waals surface area (Å²) in [7, 11) is 0. The van der Waals surface area contributed by atoms with Crippen molar-refractivity contribution in [1.29, 1.82) is 0 Å². The van der Waals surface area contributed by atoms with Crippen molar-refractivity contribution in [2.45, 2.75) is 6.42 Å². The van der Waals surface area contributed by atoms with Gasteiger partial charge in [-0.3, -0.25) is 4.79 Å². The van der Waals surface area contributed by atoms with Gasteiger partial charge in [0.2, 0.25) is 0 Å². The van der Waals surface area contributed by atoms with Crippen molar-refractivity contribution < 1.29 is 9.53 Å². The summed E-state index contributed by atoms with van der Waals surface area (Å²) >= 11 is 5.19. The second-order valence-electron chi connectivity index (χ2n) is 2.04. The predicted octanol–water partition coefficient (Wildman–Crippen LogP) is 1.90. The lowest BCUT2D eigenvalue weighted by Crippen LogP contribution is -2.07. The molecule has 0 saturated heterocycles. The number of rotatable bonds is 5. The van der Waals surface area contributed by atoms with Crippen molar-refractivity contribution in [2.75, 3.05) is 12.5 Å². The van der Waals surface area contributed by atoms with Crippen LogP contribution in [0.1, 0.15) is 6.42 Å². The molecule has 0 rings (SSSR count). The Kier molecular flexibility index (Phi) is 5.57. The maximum Gasteiger partial charge on any atom is 0.321 e. The van der Waals surface area contributed by atoms with Crippen LogP contribution in [-0.2, 0) is 9.53 Å². The lowest BCUT2D eigenvalue weighted by molar-refractivity contribution is -0.139. The normalized spacial score (nSPS) is 8.82. The molecule has 3 heteroatoms. The molecule has 0 saturated carbocycles. The summed E-state index contributed by atoms with van der Waals surface area (Å²) in [6, 6.07) is 0. The maximum atomic E-state index is 10.5. The van der Waals surface area contributed by atoms with Gasteiger partial charge in [0.25, 0.3) is 0 Å². The van der Waals surface area contributed by atoms with E-state index < -0.39 is 5.97 Å². The minimum atomic E-state index is -0.420. The summed E-state index contributed by atoms with van der Waals surface area (Å²) in [6.45, 7) is 7.41. The Morgan fingerprint density at radius 3 is 2.73 bits per heavy atom. The number of hydrogen-bond donors (Lipinski definition) is 0. The molecule has 0 atom stereocenters. The molecule has 11 heavy (non-hydrogen) atoms. The summed E-state index contributed by atoms with van der Waals surface area (Å²) in [6.07, 6.45) is 2.37. The number of halogens is 1. The molecule has 2 nitrogen and oxygen atoms in total. The molecule has 0 bridgehead atoms. The van der Waals surface area contributed by atoms with Crippen LogP contribution in [0, 0.1) is 0 Å². The average Bonchev–Trinajstić information content (AvgIpc) is 2.01. The van der Waals surface area contributed by atoms with Crippen molar-refractivity contribution in [3.05, 3.63) is 24.8 Å². The van der Waals surface area contributed by atoms with Gasteiger partial charge in [0, 0.05) is 0 Å². The first-order valence-corrected chi connectivity index (χ1v) is 3.73. The lowest BCUT2D eigenvalue weighted by Gasteiger charge is -2.02. The van der Waals surface area contributed by atoms with E-state index >= 15 is 0 Å². The monoisotopic (exact) mass is 174 g/mol. The summed E-state index contributed by atoms with van der Waals surface area (Å²) in [5.41, 5.74) is 0.818. The molecule has 0 aromatic carbocycles. The molecule has 0 N–H and O–H groups in total. The molecule has 0 radical (unpaired) electrons. The van der Waals surface area contributed by atoms with E-state index in [2.05, 4.69) is 17.9 Å². The van der Waals surface area contributed by atoms with E-state index in [0.29, 0.717) is 6.42 Å². The molecule has 0 fully saturated rings. The fraction of sp³-hybridized carbons (Fsp3) is 0.375. The fourth-order valence-electron chi connectivity index (χ4n) is 0.484. The third-order valence-electron chi connectivity index (χ3n) is 0.979. The van der Waals surface area contributed by atoms with E-state index in [1.807, 2.05) is 0 Å². The van der Waals surface area contributed by atoms with Crippen molar-refractivity contribution in [3.8, 4) is 0 Å². The lowest BCUT2D eigenvalue weighted by atomic mass is 10.2. The van der Waals surface area contributed by atoms with E-state index in [-0.39, 0.29) is 12.5 Å². The molecule has 0 aromatic heterocycles. The van der Waals surface area contributed by atoms with E-state index in [1.54, 1.807) is 6.08 Å². The van der Waals surface area contributed by atoms with Crippen LogP contribution in [0.15, 0.2) is 24.8 Å². The highest BCUT2D eigenvalue weighted by molar-refractivity contribution is 6.26. The van der Waals surface area contributed by atoms with E-state index in [9.17, 15) is 4.79 Å². The zero-order valence-corrected chi connectivity index (χ0v) is 7.06. The molecule has 0 aliphatic heterocycles. The summed E-state index contributed by atoms with van der Waals surface area (Å²) in [5.74, 6) is -0.529. The highest BCUT2D eigenvalue weighted by atomic mass is 35.5. The number of carbonyl (C=O) groups excluding carboxylic acids is 1. The Labute approximate surface area is 71.5 Å². The first-order chi connectivity index (χ1) is 5.20. The molecule has 0 spiro atoms. The second-order valence-corrected chi connectivity index (χ2v) is 2.30. The van der Waals surface area contributed by atoms with Crippen molar-refractivity contribution in [3.63, 3.8) is 0 Å². The Morgan fingerprint density at radius 1 is 1.64 bits per heavy atom. The molecule has 0 heterocycles. The number of carbonyl (C=O) groups is 1. The largest absolute Gasteiger partial charge is 0.460 e. The second kappa shape index (κ2) is 5.98. The van der Waals surface area contributed by atoms with E-state index in [4.69, 9.17) is 11.6 Å². The van der Waals surface area contributed by atoms with Crippen LogP contribution in [0.5, 0.6) is 0 Å². The van der Waals surface area contributed by atoms with Crippen LogP contribution in [0.2, 0.25) is 0 Å².